The van der Waals surface area contributed by atoms with Gasteiger partial charge in [0.05, 0.1) is 0 Å². The summed E-state index contributed by atoms with van der Waals surface area (Å²) in [7, 11) is 0. The Labute approximate surface area is 117 Å². The number of carboxylic acids is 1. The molecule has 1 aliphatic rings. The van der Waals surface area contributed by atoms with Gasteiger partial charge in [0.2, 0.25) is 0 Å². The van der Waals surface area contributed by atoms with Gasteiger partial charge in [-0.25, -0.2) is 4.79 Å². The van der Waals surface area contributed by atoms with Crippen molar-refractivity contribution in [1.82, 2.24) is 4.90 Å². The fourth-order valence-corrected chi connectivity index (χ4v) is 2.45. The van der Waals surface area contributed by atoms with Gasteiger partial charge >= 0.3 is 5.97 Å². The molecule has 5 heteroatoms. The summed E-state index contributed by atoms with van der Waals surface area (Å²) in [6.45, 7) is 4.37. The van der Waals surface area contributed by atoms with Crippen LogP contribution in [0.4, 0.5) is 0 Å². The van der Waals surface area contributed by atoms with Crippen molar-refractivity contribution in [3.63, 3.8) is 0 Å². The first-order valence-corrected chi connectivity index (χ1v) is 6.66. The molecule has 2 rings (SSSR count). The van der Waals surface area contributed by atoms with E-state index in [4.69, 9.17) is 5.11 Å². The maximum atomic E-state index is 12.5. The van der Waals surface area contributed by atoms with Crippen LogP contribution in [-0.2, 0) is 4.79 Å². The standard InChI is InChI=1S/C15H19NO4/c1-10-4-3-5-12(11(10)2)13(17)16-8-6-15(20,7-9-16)14(18)19/h3-5,20H,6-9H2,1-2H3,(H,18,19). The van der Waals surface area contributed by atoms with Crippen molar-refractivity contribution >= 4 is 11.9 Å². The normalized spacial score (nSPS) is 17.9. The highest BCUT2D eigenvalue weighted by atomic mass is 16.4. The molecule has 0 aliphatic carbocycles. The van der Waals surface area contributed by atoms with Crippen molar-refractivity contribution in [3.05, 3.63) is 34.9 Å². The number of amides is 1. The van der Waals surface area contributed by atoms with Crippen LogP contribution in [0.15, 0.2) is 18.2 Å². The Hall–Kier alpha value is -1.88. The molecule has 0 aromatic heterocycles. The number of rotatable bonds is 2. The summed E-state index contributed by atoms with van der Waals surface area (Å²) in [4.78, 5) is 25.0. The zero-order chi connectivity index (χ0) is 14.9. The third-order valence-electron chi connectivity index (χ3n) is 4.11. The molecule has 1 saturated heterocycles. The monoisotopic (exact) mass is 277 g/mol. The molecule has 2 N–H and O–H groups in total. The molecule has 1 heterocycles. The lowest BCUT2D eigenvalue weighted by Crippen LogP contribution is -2.50. The first-order valence-electron chi connectivity index (χ1n) is 6.66. The Bertz CT molecular complexity index is 545. The minimum Gasteiger partial charge on any atom is -0.479 e. The maximum Gasteiger partial charge on any atom is 0.335 e. The van der Waals surface area contributed by atoms with Gasteiger partial charge in [-0.05, 0) is 31.0 Å². The third kappa shape index (κ3) is 2.54. The van der Waals surface area contributed by atoms with Gasteiger partial charge in [0.1, 0.15) is 0 Å². The molecule has 20 heavy (non-hydrogen) atoms. The topological polar surface area (TPSA) is 77.8 Å². The summed E-state index contributed by atoms with van der Waals surface area (Å²) in [6, 6.07) is 5.57. The second-order valence-corrected chi connectivity index (χ2v) is 5.38. The molecule has 0 radical (unpaired) electrons. The summed E-state index contributed by atoms with van der Waals surface area (Å²) in [6.07, 6.45) is 0.137. The molecule has 1 aromatic rings. The highest BCUT2D eigenvalue weighted by Crippen LogP contribution is 2.24. The second kappa shape index (κ2) is 5.25. The number of likely N-dealkylation sites (tertiary alicyclic amines) is 1. The molecule has 1 aliphatic heterocycles. The van der Waals surface area contributed by atoms with E-state index >= 15 is 0 Å². The predicted octanol–water partition coefficient (Wildman–Crippen LogP) is 1.36. The number of piperidine rings is 1. The molecular formula is C15H19NO4. The Morgan fingerprint density at radius 3 is 2.35 bits per heavy atom. The smallest absolute Gasteiger partial charge is 0.335 e. The average molecular weight is 277 g/mol. The molecule has 1 aromatic carbocycles. The van der Waals surface area contributed by atoms with Crippen LogP contribution in [-0.4, -0.2) is 45.7 Å². The summed E-state index contributed by atoms with van der Waals surface area (Å²) in [5, 5.41) is 18.8. The number of hydrogen-bond acceptors (Lipinski definition) is 3. The van der Waals surface area contributed by atoms with Gasteiger partial charge in [0.15, 0.2) is 5.60 Å². The van der Waals surface area contributed by atoms with Crippen molar-refractivity contribution in [3.8, 4) is 0 Å². The van der Waals surface area contributed by atoms with E-state index in [1.807, 2.05) is 26.0 Å². The van der Waals surface area contributed by atoms with Gasteiger partial charge in [0.25, 0.3) is 5.91 Å². The van der Waals surface area contributed by atoms with Crippen molar-refractivity contribution in [1.29, 1.82) is 0 Å². The molecule has 108 valence electrons. The minimum absolute atomic E-state index is 0.0684. The molecule has 0 bridgehead atoms. The molecule has 0 atom stereocenters. The van der Waals surface area contributed by atoms with Crippen molar-refractivity contribution in [2.24, 2.45) is 0 Å². The number of carbonyl (C=O) groups is 2. The molecule has 0 saturated carbocycles. The summed E-state index contributed by atoms with van der Waals surface area (Å²) >= 11 is 0. The molecule has 1 fully saturated rings. The first kappa shape index (κ1) is 14.5. The van der Waals surface area contributed by atoms with E-state index < -0.39 is 11.6 Å². The van der Waals surface area contributed by atoms with E-state index in [-0.39, 0.29) is 31.8 Å². The number of carbonyl (C=O) groups excluding carboxylic acids is 1. The van der Waals surface area contributed by atoms with Crippen LogP contribution in [0.1, 0.15) is 34.3 Å². The minimum atomic E-state index is -1.70. The van der Waals surface area contributed by atoms with Gasteiger partial charge in [-0.15, -0.1) is 0 Å². The van der Waals surface area contributed by atoms with Crippen molar-refractivity contribution in [2.45, 2.75) is 32.3 Å². The molecule has 0 spiro atoms. The van der Waals surface area contributed by atoms with E-state index in [1.165, 1.54) is 0 Å². The molecule has 1 amide bonds. The number of benzene rings is 1. The van der Waals surface area contributed by atoms with Crippen LogP contribution in [0, 0.1) is 13.8 Å². The van der Waals surface area contributed by atoms with E-state index in [1.54, 1.807) is 11.0 Å². The van der Waals surface area contributed by atoms with Gasteiger partial charge in [0, 0.05) is 31.5 Å². The lowest BCUT2D eigenvalue weighted by molar-refractivity contribution is -0.162. The predicted molar refractivity (Wildman–Crippen MR) is 73.6 cm³/mol. The van der Waals surface area contributed by atoms with Crippen LogP contribution in [0.2, 0.25) is 0 Å². The zero-order valence-electron chi connectivity index (χ0n) is 11.7. The summed E-state index contributed by atoms with van der Waals surface area (Å²) in [5.41, 5.74) is 0.940. The van der Waals surface area contributed by atoms with E-state index in [2.05, 4.69) is 0 Å². The fraction of sp³-hybridized carbons (Fsp3) is 0.467. The summed E-state index contributed by atoms with van der Waals surface area (Å²) < 4.78 is 0. The van der Waals surface area contributed by atoms with E-state index in [9.17, 15) is 14.7 Å². The van der Waals surface area contributed by atoms with Gasteiger partial charge in [-0.2, -0.15) is 0 Å². The summed E-state index contributed by atoms with van der Waals surface area (Å²) in [5.74, 6) is -1.31. The van der Waals surface area contributed by atoms with Crippen LogP contribution in [0.3, 0.4) is 0 Å². The molecule has 0 unspecified atom stereocenters. The van der Waals surface area contributed by atoms with Gasteiger partial charge < -0.3 is 15.1 Å². The van der Waals surface area contributed by atoms with E-state index in [0.29, 0.717) is 5.56 Å². The van der Waals surface area contributed by atoms with Crippen LogP contribution < -0.4 is 0 Å². The average Bonchev–Trinajstić information content (AvgIpc) is 2.42. The Morgan fingerprint density at radius 2 is 1.80 bits per heavy atom. The number of aliphatic carboxylic acids is 1. The first-order chi connectivity index (χ1) is 9.35. The van der Waals surface area contributed by atoms with Crippen LogP contribution in [0.5, 0.6) is 0 Å². The SMILES string of the molecule is Cc1cccc(C(=O)N2CCC(O)(C(=O)O)CC2)c1C. The second-order valence-electron chi connectivity index (χ2n) is 5.38. The number of nitrogens with zero attached hydrogens (tertiary/aromatic N) is 1. The van der Waals surface area contributed by atoms with E-state index in [0.717, 1.165) is 11.1 Å². The highest BCUT2D eigenvalue weighted by Gasteiger charge is 2.40. The lowest BCUT2D eigenvalue weighted by atomic mass is 9.91. The Morgan fingerprint density at radius 1 is 1.20 bits per heavy atom. The van der Waals surface area contributed by atoms with Crippen molar-refractivity contribution < 1.29 is 19.8 Å². The molecule has 5 nitrogen and oxygen atoms in total. The molecular weight excluding hydrogens is 258 g/mol. The largest absolute Gasteiger partial charge is 0.479 e. The number of carboxylic acid groups (broad SMARTS) is 1. The Kier molecular flexibility index (Phi) is 3.81. The van der Waals surface area contributed by atoms with Crippen LogP contribution >= 0.6 is 0 Å². The third-order valence-corrected chi connectivity index (χ3v) is 4.11. The number of aryl methyl sites for hydroxylation is 1. The van der Waals surface area contributed by atoms with Crippen LogP contribution in [0.25, 0.3) is 0 Å². The quantitative estimate of drug-likeness (QED) is 0.855. The lowest BCUT2D eigenvalue weighted by Gasteiger charge is -2.35. The number of hydrogen-bond donors (Lipinski definition) is 2. The van der Waals surface area contributed by atoms with Gasteiger partial charge in [-0.3, -0.25) is 4.79 Å². The maximum absolute atomic E-state index is 12.5. The zero-order valence-corrected chi connectivity index (χ0v) is 11.7. The van der Waals surface area contributed by atoms with Crippen molar-refractivity contribution in [2.75, 3.05) is 13.1 Å². The number of aliphatic hydroxyl groups is 1. The Balaban J connectivity index is 2.13. The highest BCUT2D eigenvalue weighted by molar-refractivity contribution is 5.96. The fourth-order valence-electron chi connectivity index (χ4n) is 2.45. The van der Waals surface area contributed by atoms with Gasteiger partial charge in [-0.1, -0.05) is 12.1 Å².